The van der Waals surface area contributed by atoms with Crippen LogP contribution >= 0.6 is 0 Å². The first-order chi connectivity index (χ1) is 6.93. The molecule has 0 bridgehead atoms. The van der Waals surface area contributed by atoms with Gasteiger partial charge in [-0.1, -0.05) is 26.2 Å². The van der Waals surface area contributed by atoms with E-state index in [4.69, 9.17) is 0 Å². The van der Waals surface area contributed by atoms with Gasteiger partial charge in [-0.05, 0) is 0 Å². The largest absolute Gasteiger partial charge is 0.214 e. The maximum absolute atomic E-state index is 2.23. The van der Waals surface area contributed by atoms with Gasteiger partial charge in [0.2, 0.25) is 0 Å². The summed E-state index contributed by atoms with van der Waals surface area (Å²) in [6.07, 6.45) is 3.87. The van der Waals surface area contributed by atoms with Crippen molar-refractivity contribution < 1.29 is 17.1 Å². The molecule has 0 saturated carbocycles. The van der Waals surface area contributed by atoms with Crippen LogP contribution in [0.4, 0.5) is 0 Å². The fourth-order valence-corrected chi connectivity index (χ4v) is 1.28. The van der Waals surface area contributed by atoms with Gasteiger partial charge in [-0.3, -0.25) is 0 Å². The van der Waals surface area contributed by atoms with Crippen LogP contribution < -0.4 is 0 Å². The van der Waals surface area contributed by atoms with Crippen LogP contribution in [0.2, 0.25) is 0 Å². The van der Waals surface area contributed by atoms with E-state index in [1.54, 1.807) is 0 Å². The fourth-order valence-electron chi connectivity index (χ4n) is 1.28. The number of rotatable bonds is 3. The molecule has 0 aromatic heterocycles. The molecule has 15 heavy (non-hydrogen) atoms. The van der Waals surface area contributed by atoms with E-state index in [0.717, 1.165) is 0 Å². The van der Waals surface area contributed by atoms with Crippen molar-refractivity contribution >= 4 is 0 Å². The molecule has 0 spiro atoms. The molecule has 2 rings (SSSR count). The summed E-state index contributed by atoms with van der Waals surface area (Å²) in [6.45, 7) is 2.23. The quantitative estimate of drug-likeness (QED) is 0.560. The molecule has 0 amide bonds. The second kappa shape index (κ2) is 9.76. The predicted molar refractivity (Wildman–Crippen MR) is 62.7 cm³/mol. The average molecular weight is 242 g/mol. The minimum Gasteiger partial charge on any atom is -0.214 e. The summed E-state index contributed by atoms with van der Waals surface area (Å²) in [5.41, 5.74) is 1.48. The van der Waals surface area contributed by atoms with E-state index in [0.29, 0.717) is 0 Å². The number of unbranched alkanes of at least 4 members (excludes halogenated alkanes) is 1. The fraction of sp³-hybridized carbons (Fsp3) is 0.286. The molecule has 0 saturated heterocycles. The van der Waals surface area contributed by atoms with Crippen molar-refractivity contribution in [3.05, 3.63) is 60.2 Å². The van der Waals surface area contributed by atoms with Crippen LogP contribution in [-0.4, -0.2) is 0 Å². The molecule has 1 heteroatoms. The smallest absolute Gasteiger partial charge is 0 e. The van der Waals surface area contributed by atoms with Gasteiger partial charge >= 0.3 is 0 Å². The maximum atomic E-state index is 2.23. The van der Waals surface area contributed by atoms with Crippen molar-refractivity contribution in [2.75, 3.05) is 0 Å². The molecule has 84 valence electrons. The van der Waals surface area contributed by atoms with Crippen molar-refractivity contribution in [2.45, 2.75) is 26.2 Å². The monoisotopic (exact) mass is 242 g/mol. The Morgan fingerprint density at radius 2 is 1.80 bits per heavy atom. The molecule has 0 nitrogen and oxygen atoms in total. The van der Waals surface area contributed by atoms with E-state index in [9.17, 15) is 0 Å². The first-order valence-corrected chi connectivity index (χ1v) is 5.30. The van der Waals surface area contributed by atoms with E-state index in [2.05, 4.69) is 31.2 Å². The third-order valence-electron chi connectivity index (χ3n) is 2.11. The molecule has 0 aliphatic rings. The number of hydrogen-bond acceptors (Lipinski definition) is 0. The van der Waals surface area contributed by atoms with E-state index in [1.165, 1.54) is 24.8 Å². The van der Waals surface area contributed by atoms with Crippen LogP contribution in [0.25, 0.3) is 0 Å². The third-order valence-corrected chi connectivity index (χ3v) is 2.11. The minimum absolute atomic E-state index is 0. The summed E-state index contributed by atoms with van der Waals surface area (Å²) in [5.74, 6) is 0. The number of aryl methyl sites for hydroxylation is 1. The van der Waals surface area contributed by atoms with Gasteiger partial charge in [-0.2, -0.15) is 35.9 Å². The zero-order valence-corrected chi connectivity index (χ0v) is 10.3. The summed E-state index contributed by atoms with van der Waals surface area (Å²) >= 11 is 0. The summed E-state index contributed by atoms with van der Waals surface area (Å²) in [6, 6.07) is 18.6. The Morgan fingerprint density at radius 1 is 1.07 bits per heavy atom. The zero-order chi connectivity index (χ0) is 10.1. The molecule has 0 N–H and O–H groups in total. The van der Waals surface area contributed by atoms with Gasteiger partial charge in [-0.25, -0.2) is 24.3 Å². The molecule has 0 atom stereocenters. The Morgan fingerprint density at radius 3 is 2.20 bits per heavy atom. The van der Waals surface area contributed by atoms with E-state index >= 15 is 0 Å². The zero-order valence-electron chi connectivity index (χ0n) is 9.17. The summed E-state index contributed by atoms with van der Waals surface area (Å²) in [7, 11) is 0. The van der Waals surface area contributed by atoms with Crippen molar-refractivity contribution in [3.63, 3.8) is 0 Å². The normalized spacial score (nSPS) is 8.60. The van der Waals surface area contributed by atoms with E-state index in [-0.39, 0.29) is 17.1 Å². The summed E-state index contributed by atoms with van der Waals surface area (Å²) in [4.78, 5) is 0. The van der Waals surface area contributed by atoms with Crippen LogP contribution in [0.3, 0.4) is 0 Å². The number of hydrogen-bond donors (Lipinski definition) is 0. The Labute approximate surface area is 104 Å². The van der Waals surface area contributed by atoms with Gasteiger partial charge in [0.1, 0.15) is 0 Å². The van der Waals surface area contributed by atoms with Crippen molar-refractivity contribution in [1.29, 1.82) is 0 Å². The van der Waals surface area contributed by atoms with E-state index in [1.807, 2.05) is 30.3 Å². The third kappa shape index (κ3) is 7.18. The van der Waals surface area contributed by atoms with Crippen molar-refractivity contribution in [3.8, 4) is 0 Å². The molecule has 2 aromatic rings. The van der Waals surface area contributed by atoms with Gasteiger partial charge < -0.3 is 0 Å². The predicted octanol–water partition coefficient (Wildman–Crippen LogP) is 4.15. The SMILES string of the molecule is CCCCc1ccc[cH-]1.[Fe].c1cc[cH-]c1. The second-order valence-electron chi connectivity index (χ2n) is 3.36. The van der Waals surface area contributed by atoms with Gasteiger partial charge in [-0.15, -0.1) is 0 Å². The van der Waals surface area contributed by atoms with Gasteiger partial charge in [0.25, 0.3) is 0 Å². The molecule has 0 heterocycles. The van der Waals surface area contributed by atoms with Crippen LogP contribution in [0.15, 0.2) is 54.6 Å². The Kier molecular flexibility index (Phi) is 9.25. The first-order valence-electron chi connectivity index (χ1n) is 5.30. The maximum Gasteiger partial charge on any atom is 0 e. The standard InChI is InChI=1S/C9H13.C5H5.Fe/c1-2-3-6-9-7-4-5-8-9;1-2-4-5-3-1;/h4-5,7-8H,2-3,6H2,1H3;1-5H;/q2*-1;. The van der Waals surface area contributed by atoms with Gasteiger partial charge in [0, 0.05) is 17.1 Å². The van der Waals surface area contributed by atoms with Crippen molar-refractivity contribution in [1.82, 2.24) is 0 Å². The van der Waals surface area contributed by atoms with Gasteiger partial charge in [0.15, 0.2) is 0 Å². The Bertz CT molecular complexity index is 262. The molecule has 0 unspecified atom stereocenters. The van der Waals surface area contributed by atoms with Gasteiger partial charge in [0.05, 0.1) is 0 Å². The molecular formula is C14H18Fe-2. The minimum atomic E-state index is 0. The molecule has 0 aliphatic carbocycles. The molecule has 0 radical (unpaired) electrons. The molecule has 0 fully saturated rings. The first kappa shape index (κ1) is 14.2. The summed E-state index contributed by atoms with van der Waals surface area (Å²) in [5, 5.41) is 0. The molecule has 0 aliphatic heterocycles. The second-order valence-corrected chi connectivity index (χ2v) is 3.36. The van der Waals surface area contributed by atoms with E-state index < -0.39 is 0 Å². The van der Waals surface area contributed by atoms with Crippen LogP contribution in [0.5, 0.6) is 0 Å². The average Bonchev–Trinajstić information content (AvgIpc) is 2.90. The Hall–Kier alpha value is -0.781. The van der Waals surface area contributed by atoms with Crippen LogP contribution in [0, 0.1) is 0 Å². The van der Waals surface area contributed by atoms with Crippen LogP contribution in [-0.2, 0) is 23.5 Å². The molecular weight excluding hydrogens is 224 g/mol. The Balaban J connectivity index is 0.000000280. The topological polar surface area (TPSA) is 0 Å². The van der Waals surface area contributed by atoms with Crippen molar-refractivity contribution in [2.24, 2.45) is 0 Å². The summed E-state index contributed by atoms with van der Waals surface area (Å²) < 4.78 is 0. The molecule has 2 aromatic carbocycles. The van der Waals surface area contributed by atoms with Crippen LogP contribution in [0.1, 0.15) is 25.3 Å².